The van der Waals surface area contributed by atoms with E-state index in [2.05, 4.69) is 31.6 Å². The molecule has 0 unspecified atom stereocenters. The summed E-state index contributed by atoms with van der Waals surface area (Å²) in [4.78, 5) is 94.2. The number of fused-ring (bicyclic) bond motifs is 1. The number of carboxylic acid groups (broad SMARTS) is 2. The fraction of sp³-hybridized carbons (Fsp3) is 0.605. The van der Waals surface area contributed by atoms with Crippen molar-refractivity contribution in [2.45, 2.75) is 123 Å². The van der Waals surface area contributed by atoms with Gasteiger partial charge in [-0.25, -0.2) is 4.79 Å². The molecule has 0 saturated heterocycles. The molecule has 0 aliphatic carbocycles. The van der Waals surface area contributed by atoms with Crippen molar-refractivity contribution in [2.75, 3.05) is 6.54 Å². The van der Waals surface area contributed by atoms with Gasteiger partial charge in [-0.2, -0.15) is 0 Å². The lowest BCUT2D eigenvalue weighted by molar-refractivity contribution is -0.143. The normalized spacial score (nSPS) is 14.7. The maximum absolute atomic E-state index is 13.7. The molecule has 0 aliphatic heterocycles. The van der Waals surface area contributed by atoms with Crippen LogP contribution in [0.3, 0.4) is 0 Å². The number of aromatic nitrogens is 1. The molecule has 0 radical (unpaired) electrons. The summed E-state index contributed by atoms with van der Waals surface area (Å²) < 4.78 is 0. The molecule has 17 nitrogen and oxygen atoms in total. The van der Waals surface area contributed by atoms with Crippen molar-refractivity contribution in [1.29, 1.82) is 0 Å². The topological polar surface area (TPSA) is 288 Å². The number of H-pyrrole nitrogens is 1. The Morgan fingerprint density at radius 1 is 0.691 bits per heavy atom. The summed E-state index contributed by atoms with van der Waals surface area (Å²) in [7, 11) is 0. The second-order valence-corrected chi connectivity index (χ2v) is 15.1. The van der Waals surface area contributed by atoms with Gasteiger partial charge in [0.15, 0.2) is 0 Å². The lowest BCUT2D eigenvalue weighted by atomic mass is 9.98. The second-order valence-electron chi connectivity index (χ2n) is 15.1. The van der Waals surface area contributed by atoms with Crippen molar-refractivity contribution in [1.82, 2.24) is 31.6 Å². The summed E-state index contributed by atoms with van der Waals surface area (Å²) in [6.45, 7) is 10.9. The molecule has 1 aromatic carbocycles. The molecule has 306 valence electrons. The molecule has 2 aromatic rings. The molecule has 1 heterocycles. The van der Waals surface area contributed by atoms with Gasteiger partial charge in [0.25, 0.3) is 0 Å². The molecule has 0 aliphatic rings. The van der Waals surface area contributed by atoms with Gasteiger partial charge in [-0.15, -0.1) is 0 Å². The van der Waals surface area contributed by atoms with Crippen molar-refractivity contribution in [3.63, 3.8) is 0 Å². The number of hydrogen-bond acceptors (Lipinski definition) is 9. The molecule has 0 fully saturated rings. The van der Waals surface area contributed by atoms with Crippen LogP contribution in [0.25, 0.3) is 10.9 Å². The fourth-order valence-electron chi connectivity index (χ4n) is 6.05. The van der Waals surface area contributed by atoms with Crippen molar-refractivity contribution in [3.05, 3.63) is 36.0 Å². The summed E-state index contributed by atoms with van der Waals surface area (Å²) in [5.41, 5.74) is 13.6. The number of unbranched alkanes of at least 4 members (excludes halogenated alkanes) is 1. The highest BCUT2D eigenvalue weighted by atomic mass is 16.4. The van der Waals surface area contributed by atoms with Gasteiger partial charge >= 0.3 is 11.9 Å². The zero-order chi connectivity index (χ0) is 41.4. The molecule has 0 bridgehead atoms. The molecule has 55 heavy (non-hydrogen) atoms. The largest absolute Gasteiger partial charge is 0.481 e. The van der Waals surface area contributed by atoms with Crippen LogP contribution in [-0.2, 0) is 40.0 Å². The molecule has 12 N–H and O–H groups in total. The minimum absolute atomic E-state index is 0.0658. The van der Waals surface area contributed by atoms with E-state index >= 15 is 0 Å². The summed E-state index contributed by atoms with van der Waals surface area (Å²) >= 11 is 0. The summed E-state index contributed by atoms with van der Waals surface area (Å²) in [5, 5.41) is 32.9. The van der Waals surface area contributed by atoms with E-state index in [4.69, 9.17) is 11.5 Å². The van der Waals surface area contributed by atoms with Gasteiger partial charge in [0.2, 0.25) is 29.5 Å². The van der Waals surface area contributed by atoms with E-state index in [0.717, 1.165) is 16.5 Å². The molecular formula is C38H60N8O9. The Kier molecular flexibility index (Phi) is 18.8. The zero-order valence-electron chi connectivity index (χ0n) is 32.6. The average molecular weight is 773 g/mol. The first-order valence-corrected chi connectivity index (χ1v) is 18.8. The standard InChI is InChI=1S/C38H60N8O9/c1-20(2)15-28(44-37(53)32(22(5)6)46-33(49)25(40)17-23-19-41-26-12-8-7-11-24(23)26)35(51)43-29(18-31(47)48)36(52)42-27(13-9-10-14-39)34(50)45-30(38(54)55)16-21(3)4/h7-8,11-12,19-22,25,27-30,32,41H,9-10,13-18,39-40H2,1-6H3,(H,42,52)(H,43,51)(H,44,53)(H,45,50)(H,46,49)(H,47,48)(H,54,55)/t25-,27-,28-,29-,30-,32-/m0/s1. The lowest BCUT2D eigenvalue weighted by Crippen LogP contribution is -2.60. The number of carbonyl (C=O) groups excluding carboxylic acids is 5. The Labute approximate surface area is 321 Å². The highest BCUT2D eigenvalue weighted by Gasteiger charge is 2.34. The summed E-state index contributed by atoms with van der Waals surface area (Å²) in [6, 6.07) is 0.0640. The van der Waals surface area contributed by atoms with Crippen LogP contribution in [0.4, 0.5) is 0 Å². The molecule has 0 spiro atoms. The number of benzene rings is 1. The predicted octanol–water partition coefficient (Wildman–Crippen LogP) is 0.898. The van der Waals surface area contributed by atoms with E-state index in [9.17, 15) is 43.8 Å². The summed E-state index contributed by atoms with van der Waals surface area (Å²) in [6.07, 6.45) is 2.28. The van der Waals surface area contributed by atoms with Crippen LogP contribution in [0.2, 0.25) is 0 Å². The van der Waals surface area contributed by atoms with Crippen LogP contribution in [0.5, 0.6) is 0 Å². The van der Waals surface area contributed by atoms with Gasteiger partial charge in [0, 0.05) is 17.1 Å². The number of carbonyl (C=O) groups is 7. The molecule has 2 rings (SSSR count). The number of aromatic amines is 1. The Hall–Kier alpha value is -5.03. The highest BCUT2D eigenvalue weighted by Crippen LogP contribution is 2.19. The number of amides is 5. The minimum atomic E-state index is -1.67. The van der Waals surface area contributed by atoms with Crippen molar-refractivity contribution < 1.29 is 43.8 Å². The number of hydrogen-bond donors (Lipinski definition) is 10. The molecule has 5 amide bonds. The van der Waals surface area contributed by atoms with Crippen LogP contribution in [0, 0.1) is 17.8 Å². The third-order valence-electron chi connectivity index (χ3n) is 8.95. The SMILES string of the molecule is CC(C)C[C@H](NC(=O)[C@H](CCCCN)NC(=O)[C@H](CC(=O)O)NC(=O)[C@H](CC(C)C)NC(=O)[C@@H](NC(=O)[C@@H](N)Cc1c[nH]c2ccccc12)C(C)C)C(=O)O. The van der Waals surface area contributed by atoms with Gasteiger partial charge < -0.3 is 53.2 Å². The predicted molar refractivity (Wildman–Crippen MR) is 206 cm³/mol. The Bertz CT molecular complexity index is 1630. The van der Waals surface area contributed by atoms with Crippen LogP contribution in [0.15, 0.2) is 30.5 Å². The molecular weight excluding hydrogens is 712 g/mol. The van der Waals surface area contributed by atoms with Crippen molar-refractivity contribution in [2.24, 2.45) is 29.2 Å². The number of nitrogens with one attached hydrogen (secondary N) is 6. The quantitative estimate of drug-likeness (QED) is 0.0669. The Morgan fingerprint density at radius 2 is 1.24 bits per heavy atom. The Morgan fingerprint density at radius 3 is 1.82 bits per heavy atom. The molecule has 17 heteroatoms. The average Bonchev–Trinajstić information content (AvgIpc) is 3.50. The van der Waals surface area contributed by atoms with Crippen LogP contribution >= 0.6 is 0 Å². The van der Waals surface area contributed by atoms with E-state index in [1.165, 1.54) is 0 Å². The van der Waals surface area contributed by atoms with Crippen LogP contribution in [-0.4, -0.2) is 99.5 Å². The molecule has 6 atom stereocenters. The first-order valence-electron chi connectivity index (χ1n) is 18.8. The number of nitrogens with two attached hydrogens (primary N) is 2. The lowest BCUT2D eigenvalue weighted by Gasteiger charge is -2.28. The second kappa shape index (κ2) is 22.4. The number of carboxylic acids is 2. The van der Waals surface area contributed by atoms with E-state index in [0.29, 0.717) is 19.4 Å². The fourth-order valence-corrected chi connectivity index (χ4v) is 6.05. The van der Waals surface area contributed by atoms with Gasteiger partial charge in [-0.05, 0) is 74.5 Å². The zero-order valence-corrected chi connectivity index (χ0v) is 32.6. The molecule has 0 saturated carbocycles. The van der Waals surface area contributed by atoms with Gasteiger partial charge in [0.1, 0.15) is 30.2 Å². The molecule has 1 aromatic heterocycles. The van der Waals surface area contributed by atoms with Crippen molar-refractivity contribution in [3.8, 4) is 0 Å². The van der Waals surface area contributed by atoms with Gasteiger partial charge in [-0.3, -0.25) is 28.8 Å². The Balaban J connectivity index is 2.23. The number of para-hydroxylation sites is 1. The smallest absolute Gasteiger partial charge is 0.326 e. The highest BCUT2D eigenvalue weighted by molar-refractivity contribution is 5.97. The van der Waals surface area contributed by atoms with Gasteiger partial charge in [-0.1, -0.05) is 59.7 Å². The minimum Gasteiger partial charge on any atom is -0.481 e. The van der Waals surface area contributed by atoms with E-state index in [1.807, 2.05) is 24.3 Å². The van der Waals surface area contributed by atoms with Crippen LogP contribution in [0.1, 0.15) is 85.6 Å². The first kappa shape index (κ1) is 46.1. The number of aliphatic carboxylic acids is 2. The summed E-state index contributed by atoms with van der Waals surface area (Å²) in [5.74, 6) is -7.23. The monoisotopic (exact) mass is 772 g/mol. The third kappa shape index (κ3) is 15.3. The first-order chi connectivity index (χ1) is 25.8. The maximum atomic E-state index is 13.7. The van der Waals surface area contributed by atoms with E-state index in [1.54, 1.807) is 47.7 Å². The van der Waals surface area contributed by atoms with E-state index in [-0.39, 0.29) is 37.5 Å². The van der Waals surface area contributed by atoms with Gasteiger partial charge in [0.05, 0.1) is 12.5 Å². The van der Waals surface area contributed by atoms with E-state index < -0.39 is 90.1 Å². The third-order valence-corrected chi connectivity index (χ3v) is 8.95. The maximum Gasteiger partial charge on any atom is 0.326 e. The number of rotatable bonds is 24. The van der Waals surface area contributed by atoms with Crippen LogP contribution < -0.4 is 38.1 Å². The van der Waals surface area contributed by atoms with Crippen molar-refractivity contribution >= 4 is 52.4 Å².